The molecule has 0 atom stereocenters. The smallest absolute Gasteiger partial charge is 0.255 e. The van der Waals surface area contributed by atoms with E-state index in [4.69, 9.17) is 0 Å². The third-order valence-electron chi connectivity index (χ3n) is 3.70. The number of hydrogen-bond acceptors (Lipinski definition) is 3. The molecule has 0 unspecified atom stereocenters. The zero-order chi connectivity index (χ0) is 16.4. The monoisotopic (exact) mass is 370 g/mol. The van der Waals surface area contributed by atoms with Crippen LogP contribution in [0.5, 0.6) is 0 Å². The Kier molecular flexibility index (Phi) is 4.41. The van der Waals surface area contributed by atoms with E-state index in [2.05, 4.69) is 26.2 Å². The van der Waals surface area contributed by atoms with Crippen LogP contribution in [0.2, 0.25) is 0 Å². The summed E-state index contributed by atoms with van der Waals surface area (Å²) in [5.41, 5.74) is 3.81. The van der Waals surface area contributed by atoms with E-state index in [-0.39, 0.29) is 12.5 Å². The molecule has 0 aliphatic rings. The molecule has 23 heavy (non-hydrogen) atoms. The van der Waals surface area contributed by atoms with Crippen molar-refractivity contribution in [2.24, 2.45) is 0 Å². The van der Waals surface area contributed by atoms with Gasteiger partial charge in [-0.3, -0.25) is 9.78 Å². The minimum atomic E-state index is -0.160. The van der Waals surface area contributed by atoms with Crippen LogP contribution < -0.4 is 5.32 Å². The predicted octanol–water partition coefficient (Wildman–Crippen LogP) is 4.05. The molecular formula is C18H15BrN2O2. The zero-order valence-corrected chi connectivity index (χ0v) is 14.1. The Morgan fingerprint density at radius 1 is 1.22 bits per heavy atom. The maximum absolute atomic E-state index is 12.3. The van der Waals surface area contributed by atoms with E-state index in [1.807, 2.05) is 37.3 Å². The summed E-state index contributed by atoms with van der Waals surface area (Å²) in [5, 5.41) is 13.0. The van der Waals surface area contributed by atoms with Gasteiger partial charge < -0.3 is 10.4 Å². The largest absolute Gasteiger partial charge is 0.392 e. The summed E-state index contributed by atoms with van der Waals surface area (Å²) < 4.78 is 0.930. The minimum absolute atomic E-state index is 0.0377. The second-order valence-electron chi connectivity index (χ2n) is 5.27. The van der Waals surface area contributed by atoms with Crippen molar-refractivity contribution in [2.75, 3.05) is 5.32 Å². The normalized spacial score (nSPS) is 10.7. The van der Waals surface area contributed by atoms with Gasteiger partial charge >= 0.3 is 0 Å². The van der Waals surface area contributed by atoms with Gasteiger partial charge in [-0.05, 0) is 54.4 Å². The summed E-state index contributed by atoms with van der Waals surface area (Å²) in [4.78, 5) is 16.7. The first kappa shape index (κ1) is 15.6. The first-order valence-corrected chi connectivity index (χ1v) is 7.94. The fourth-order valence-electron chi connectivity index (χ4n) is 2.41. The summed E-state index contributed by atoms with van der Waals surface area (Å²) in [6.07, 6.45) is 1.65. The van der Waals surface area contributed by atoms with E-state index in [9.17, 15) is 9.90 Å². The lowest BCUT2D eigenvalue weighted by Crippen LogP contribution is -2.12. The lowest BCUT2D eigenvalue weighted by atomic mass is 10.1. The Balaban J connectivity index is 1.92. The number of carbonyl (C=O) groups is 1. The van der Waals surface area contributed by atoms with E-state index in [1.54, 1.807) is 18.3 Å². The molecule has 0 saturated carbocycles. The number of fused-ring (bicyclic) bond motifs is 1. The third kappa shape index (κ3) is 3.25. The van der Waals surface area contributed by atoms with Crippen LogP contribution >= 0.6 is 15.9 Å². The summed E-state index contributed by atoms with van der Waals surface area (Å²) >= 11 is 3.35. The molecule has 3 aromatic rings. The van der Waals surface area contributed by atoms with Gasteiger partial charge in [-0.1, -0.05) is 22.0 Å². The van der Waals surface area contributed by atoms with Crippen LogP contribution in [0.1, 0.15) is 21.5 Å². The highest BCUT2D eigenvalue weighted by molar-refractivity contribution is 9.10. The van der Waals surface area contributed by atoms with Gasteiger partial charge in [-0.2, -0.15) is 0 Å². The molecule has 0 radical (unpaired) electrons. The molecule has 0 bridgehead atoms. The first-order chi connectivity index (χ1) is 11.1. The standard InChI is InChI=1S/C18H15BrN2O2/c1-11-16(21-18(23)13-2-5-15(19)6-3-13)7-4-14-8-12(10-22)9-20-17(11)14/h2-9,22H,10H2,1H3,(H,21,23). The van der Waals surface area contributed by atoms with Crippen LogP contribution in [0.25, 0.3) is 10.9 Å². The van der Waals surface area contributed by atoms with E-state index in [0.29, 0.717) is 5.56 Å². The minimum Gasteiger partial charge on any atom is -0.392 e. The van der Waals surface area contributed by atoms with Crippen LogP contribution in [-0.4, -0.2) is 16.0 Å². The number of nitrogens with zero attached hydrogens (tertiary/aromatic N) is 1. The van der Waals surface area contributed by atoms with Crippen molar-refractivity contribution in [3.63, 3.8) is 0 Å². The molecule has 5 heteroatoms. The molecule has 0 fully saturated rings. The van der Waals surface area contributed by atoms with Crippen molar-refractivity contribution in [2.45, 2.75) is 13.5 Å². The number of nitrogens with one attached hydrogen (secondary N) is 1. The molecule has 1 amide bonds. The van der Waals surface area contributed by atoms with Gasteiger partial charge in [0.2, 0.25) is 0 Å². The molecule has 116 valence electrons. The van der Waals surface area contributed by atoms with Crippen LogP contribution in [-0.2, 0) is 6.61 Å². The maximum Gasteiger partial charge on any atom is 0.255 e. The average molecular weight is 371 g/mol. The number of aryl methyl sites for hydroxylation is 1. The molecule has 4 nitrogen and oxygen atoms in total. The molecule has 1 aromatic heterocycles. The first-order valence-electron chi connectivity index (χ1n) is 7.14. The summed E-state index contributed by atoms with van der Waals surface area (Å²) in [6, 6.07) is 12.8. The van der Waals surface area contributed by atoms with Crippen LogP contribution in [0.15, 0.2) is 53.1 Å². The third-order valence-corrected chi connectivity index (χ3v) is 4.23. The van der Waals surface area contributed by atoms with Crippen molar-refractivity contribution < 1.29 is 9.90 Å². The van der Waals surface area contributed by atoms with Crippen molar-refractivity contribution in [3.8, 4) is 0 Å². The van der Waals surface area contributed by atoms with Gasteiger partial charge in [0, 0.05) is 27.3 Å². The number of benzene rings is 2. The molecule has 1 heterocycles. The highest BCUT2D eigenvalue weighted by Gasteiger charge is 2.10. The van der Waals surface area contributed by atoms with Crippen LogP contribution in [0.4, 0.5) is 5.69 Å². The van der Waals surface area contributed by atoms with Gasteiger partial charge in [-0.25, -0.2) is 0 Å². The molecule has 2 aromatic carbocycles. The van der Waals surface area contributed by atoms with E-state index in [0.717, 1.165) is 32.2 Å². The topological polar surface area (TPSA) is 62.2 Å². The number of aliphatic hydroxyl groups is 1. The predicted molar refractivity (Wildman–Crippen MR) is 94.5 cm³/mol. The molecule has 0 aliphatic heterocycles. The van der Waals surface area contributed by atoms with Crippen molar-refractivity contribution in [1.29, 1.82) is 0 Å². The second kappa shape index (κ2) is 6.48. The lowest BCUT2D eigenvalue weighted by Gasteiger charge is -2.11. The Bertz CT molecular complexity index is 876. The molecular weight excluding hydrogens is 356 g/mol. The van der Waals surface area contributed by atoms with Gasteiger partial charge in [0.15, 0.2) is 0 Å². The zero-order valence-electron chi connectivity index (χ0n) is 12.5. The van der Waals surface area contributed by atoms with Gasteiger partial charge in [0.25, 0.3) is 5.91 Å². The van der Waals surface area contributed by atoms with Crippen LogP contribution in [0.3, 0.4) is 0 Å². The van der Waals surface area contributed by atoms with E-state index >= 15 is 0 Å². The Labute approximate surface area is 142 Å². The number of carbonyl (C=O) groups excluding carboxylic acids is 1. The second-order valence-corrected chi connectivity index (χ2v) is 6.19. The Morgan fingerprint density at radius 2 is 1.96 bits per heavy atom. The maximum atomic E-state index is 12.3. The number of aliphatic hydroxyl groups excluding tert-OH is 1. The summed E-state index contributed by atoms with van der Waals surface area (Å²) in [7, 11) is 0. The van der Waals surface area contributed by atoms with Crippen molar-refractivity contribution >= 4 is 38.4 Å². The highest BCUT2D eigenvalue weighted by Crippen LogP contribution is 2.25. The SMILES string of the molecule is Cc1c(NC(=O)c2ccc(Br)cc2)ccc2cc(CO)cnc12. The highest BCUT2D eigenvalue weighted by atomic mass is 79.9. The Hall–Kier alpha value is -2.24. The number of amides is 1. The lowest BCUT2D eigenvalue weighted by molar-refractivity contribution is 0.102. The quantitative estimate of drug-likeness (QED) is 0.730. The van der Waals surface area contributed by atoms with E-state index < -0.39 is 0 Å². The number of rotatable bonds is 3. The van der Waals surface area contributed by atoms with Gasteiger partial charge in [0.05, 0.1) is 12.1 Å². The summed E-state index contributed by atoms with van der Waals surface area (Å²) in [5.74, 6) is -0.160. The number of aromatic nitrogens is 1. The van der Waals surface area contributed by atoms with Gasteiger partial charge in [-0.15, -0.1) is 0 Å². The number of halogens is 1. The average Bonchev–Trinajstić information content (AvgIpc) is 2.57. The van der Waals surface area contributed by atoms with Crippen molar-refractivity contribution in [3.05, 3.63) is 69.8 Å². The molecule has 3 rings (SSSR count). The van der Waals surface area contributed by atoms with Gasteiger partial charge in [0.1, 0.15) is 0 Å². The fourth-order valence-corrected chi connectivity index (χ4v) is 2.68. The molecule has 0 spiro atoms. The Morgan fingerprint density at radius 3 is 2.65 bits per heavy atom. The fraction of sp³-hybridized carbons (Fsp3) is 0.111. The molecule has 0 aliphatic carbocycles. The molecule has 2 N–H and O–H groups in total. The van der Waals surface area contributed by atoms with E-state index in [1.165, 1.54) is 0 Å². The number of anilines is 1. The van der Waals surface area contributed by atoms with Crippen molar-refractivity contribution in [1.82, 2.24) is 4.98 Å². The van der Waals surface area contributed by atoms with Crippen LogP contribution in [0, 0.1) is 6.92 Å². The summed E-state index contributed by atoms with van der Waals surface area (Å²) in [6.45, 7) is 1.88. The molecule has 0 saturated heterocycles. The number of hydrogen-bond donors (Lipinski definition) is 2. The number of pyridine rings is 1.